The molecule has 0 aromatic heterocycles. The molecule has 0 spiro atoms. The number of hydrogen-bond donors (Lipinski definition) is 0. The second kappa shape index (κ2) is 15.2. The fraction of sp³-hybridized carbons (Fsp3) is 0.643. The quantitative estimate of drug-likeness (QED) is 0.404. The smallest absolute Gasteiger partial charge is 0.409 e. The summed E-state index contributed by atoms with van der Waals surface area (Å²) in [6.07, 6.45) is -0.953. The maximum atomic E-state index is 12.6. The summed E-state index contributed by atoms with van der Waals surface area (Å²) in [4.78, 5) is 54.6. The highest BCUT2D eigenvalue weighted by Gasteiger charge is 2.20. The molecule has 0 radical (unpaired) electrons. The fourth-order valence-corrected chi connectivity index (χ4v) is 3.92. The Balaban J connectivity index is 2.84. The number of carbonyl (C=O) groups excluding carboxylic acids is 4. The minimum absolute atomic E-state index is 0.0240. The average Bonchev–Trinajstić information content (AvgIpc) is 2.85. The van der Waals surface area contributed by atoms with Gasteiger partial charge in [0.05, 0.1) is 0 Å². The van der Waals surface area contributed by atoms with Crippen molar-refractivity contribution >= 4 is 24.0 Å². The van der Waals surface area contributed by atoms with Crippen LogP contribution in [0.2, 0.25) is 0 Å². The molecular formula is C28H46N4O6. The van der Waals surface area contributed by atoms with Gasteiger partial charge in [0.2, 0.25) is 11.8 Å². The van der Waals surface area contributed by atoms with Crippen molar-refractivity contribution in [2.75, 3.05) is 54.4 Å². The number of rotatable bonds is 12. The molecule has 4 amide bonds. The van der Waals surface area contributed by atoms with Gasteiger partial charge in [0.1, 0.15) is 13.2 Å². The highest BCUT2D eigenvalue weighted by molar-refractivity contribution is 5.77. The number of amides is 4. The maximum Gasteiger partial charge on any atom is 0.409 e. The van der Waals surface area contributed by atoms with E-state index in [0.717, 1.165) is 22.3 Å². The van der Waals surface area contributed by atoms with Gasteiger partial charge in [0.15, 0.2) is 0 Å². The molecule has 0 aliphatic rings. The molecule has 1 rings (SSSR count). The molecule has 0 aliphatic heterocycles. The second-order valence-electron chi connectivity index (χ2n) is 10.5. The summed E-state index contributed by atoms with van der Waals surface area (Å²) in [5.41, 5.74) is 3.65. The number of nitrogens with zero attached hydrogens (tertiary/aromatic N) is 4. The minimum Gasteiger partial charge on any atom is -0.445 e. The number of aryl methyl sites for hydroxylation is 1. The Morgan fingerprint density at radius 1 is 0.711 bits per heavy atom. The number of hydrogen-bond acceptors (Lipinski definition) is 6. The number of likely N-dealkylation sites (N-methyl/N-ethyl adjacent to an activating group) is 4. The standard InChI is InChI=1S/C28H46N4O6/c1-19(2)25-23(17-37-27(35)31(9)13-11-29(7)22(6)33)15-21(5)16-24(25)18-38-28(36)32(10)14-12-30(8)26(34)20(3)4/h15-16,19-20H,11-14,17-18H2,1-10H3. The van der Waals surface area contributed by atoms with Crippen LogP contribution in [0, 0.1) is 12.8 Å². The molecule has 0 heterocycles. The third-order valence-electron chi connectivity index (χ3n) is 6.35. The van der Waals surface area contributed by atoms with Crippen molar-refractivity contribution in [3.05, 3.63) is 34.4 Å². The van der Waals surface area contributed by atoms with Crippen LogP contribution < -0.4 is 0 Å². The minimum atomic E-state index is -0.478. The molecular weight excluding hydrogens is 488 g/mol. The number of carbonyl (C=O) groups is 4. The molecule has 0 aliphatic carbocycles. The van der Waals surface area contributed by atoms with Crippen molar-refractivity contribution in [1.82, 2.24) is 19.6 Å². The highest BCUT2D eigenvalue weighted by atomic mass is 16.6. The molecule has 214 valence electrons. The lowest BCUT2D eigenvalue weighted by atomic mass is 9.91. The summed E-state index contributed by atoms with van der Waals surface area (Å²) in [7, 11) is 6.68. The van der Waals surface area contributed by atoms with Crippen LogP contribution in [0.3, 0.4) is 0 Å². The zero-order valence-corrected chi connectivity index (χ0v) is 24.8. The lowest BCUT2D eigenvalue weighted by Gasteiger charge is -2.24. The number of ether oxygens (including phenoxy) is 2. The zero-order chi connectivity index (χ0) is 29.2. The molecule has 0 N–H and O–H groups in total. The van der Waals surface area contributed by atoms with Gasteiger partial charge in [-0.05, 0) is 29.5 Å². The average molecular weight is 535 g/mol. The summed E-state index contributed by atoms with van der Waals surface area (Å²) in [5.74, 6) is -0.0410. The molecule has 10 nitrogen and oxygen atoms in total. The fourth-order valence-electron chi connectivity index (χ4n) is 3.92. The van der Waals surface area contributed by atoms with Crippen LogP contribution in [0.25, 0.3) is 0 Å². The van der Waals surface area contributed by atoms with Gasteiger partial charge in [-0.3, -0.25) is 9.59 Å². The normalized spacial score (nSPS) is 10.8. The van der Waals surface area contributed by atoms with Crippen molar-refractivity contribution in [2.24, 2.45) is 5.92 Å². The Bertz CT molecular complexity index is 978. The van der Waals surface area contributed by atoms with Gasteiger partial charge in [-0.1, -0.05) is 45.4 Å². The molecule has 0 atom stereocenters. The van der Waals surface area contributed by atoms with Gasteiger partial charge < -0.3 is 29.1 Å². The summed E-state index contributed by atoms with van der Waals surface area (Å²) in [6.45, 7) is 12.9. The van der Waals surface area contributed by atoms with E-state index in [-0.39, 0.29) is 36.9 Å². The Kier molecular flexibility index (Phi) is 13.1. The SMILES string of the molecule is CC(=O)N(C)CCN(C)C(=O)OCc1cc(C)cc(COC(=O)N(C)CCN(C)C(=O)C(C)C)c1C(C)C. The summed E-state index contributed by atoms with van der Waals surface area (Å²) >= 11 is 0. The monoisotopic (exact) mass is 534 g/mol. The zero-order valence-electron chi connectivity index (χ0n) is 24.8. The molecule has 0 unspecified atom stereocenters. The topological polar surface area (TPSA) is 99.7 Å². The highest BCUT2D eigenvalue weighted by Crippen LogP contribution is 2.27. The second-order valence-corrected chi connectivity index (χ2v) is 10.5. The molecule has 1 aromatic rings. The van der Waals surface area contributed by atoms with E-state index in [2.05, 4.69) is 0 Å². The lowest BCUT2D eigenvalue weighted by molar-refractivity contribution is -0.133. The van der Waals surface area contributed by atoms with Crippen LogP contribution in [0.4, 0.5) is 9.59 Å². The van der Waals surface area contributed by atoms with Gasteiger partial charge in [-0.15, -0.1) is 0 Å². The van der Waals surface area contributed by atoms with E-state index >= 15 is 0 Å². The third kappa shape index (κ3) is 10.2. The van der Waals surface area contributed by atoms with Crippen LogP contribution in [-0.2, 0) is 32.3 Å². The predicted octanol–water partition coefficient (Wildman–Crippen LogP) is 3.85. The van der Waals surface area contributed by atoms with E-state index in [1.165, 1.54) is 21.6 Å². The first-order chi connectivity index (χ1) is 17.6. The summed E-state index contributed by atoms with van der Waals surface area (Å²) in [5, 5.41) is 0. The van der Waals surface area contributed by atoms with E-state index in [1.54, 1.807) is 33.1 Å². The van der Waals surface area contributed by atoms with Crippen LogP contribution in [0.5, 0.6) is 0 Å². The Morgan fingerprint density at radius 2 is 1.11 bits per heavy atom. The molecule has 10 heteroatoms. The summed E-state index contributed by atoms with van der Waals surface area (Å²) < 4.78 is 11.2. The van der Waals surface area contributed by atoms with Crippen molar-refractivity contribution in [3.63, 3.8) is 0 Å². The first-order valence-corrected chi connectivity index (χ1v) is 13.0. The van der Waals surface area contributed by atoms with Gasteiger partial charge in [0, 0.05) is 67.2 Å². The Morgan fingerprint density at radius 3 is 1.47 bits per heavy atom. The maximum absolute atomic E-state index is 12.6. The van der Waals surface area contributed by atoms with E-state index in [4.69, 9.17) is 9.47 Å². The molecule has 0 saturated carbocycles. The molecule has 0 fully saturated rings. The third-order valence-corrected chi connectivity index (χ3v) is 6.35. The molecule has 1 aromatic carbocycles. The van der Waals surface area contributed by atoms with Crippen LogP contribution in [-0.4, -0.2) is 98.0 Å². The Labute approximate surface area is 227 Å². The van der Waals surface area contributed by atoms with Gasteiger partial charge >= 0.3 is 12.2 Å². The first-order valence-electron chi connectivity index (χ1n) is 13.0. The van der Waals surface area contributed by atoms with Gasteiger partial charge in [-0.25, -0.2) is 9.59 Å². The van der Waals surface area contributed by atoms with Crippen LogP contribution >= 0.6 is 0 Å². The lowest BCUT2D eigenvalue weighted by Crippen LogP contribution is -2.39. The molecule has 0 bridgehead atoms. The van der Waals surface area contributed by atoms with Gasteiger partial charge in [0.25, 0.3) is 0 Å². The van der Waals surface area contributed by atoms with Crippen LogP contribution in [0.1, 0.15) is 62.8 Å². The van der Waals surface area contributed by atoms with Crippen molar-refractivity contribution in [3.8, 4) is 0 Å². The van der Waals surface area contributed by atoms with E-state index in [0.29, 0.717) is 26.2 Å². The number of benzene rings is 1. The van der Waals surface area contributed by atoms with Crippen molar-refractivity contribution < 1.29 is 28.7 Å². The van der Waals surface area contributed by atoms with E-state index in [1.807, 2.05) is 46.8 Å². The molecule has 0 saturated heterocycles. The predicted molar refractivity (Wildman–Crippen MR) is 147 cm³/mol. The molecule has 38 heavy (non-hydrogen) atoms. The van der Waals surface area contributed by atoms with E-state index in [9.17, 15) is 19.2 Å². The van der Waals surface area contributed by atoms with Gasteiger partial charge in [-0.2, -0.15) is 0 Å². The Hall–Kier alpha value is -3.30. The largest absolute Gasteiger partial charge is 0.445 e. The van der Waals surface area contributed by atoms with E-state index < -0.39 is 12.2 Å². The van der Waals surface area contributed by atoms with Crippen molar-refractivity contribution in [1.29, 1.82) is 0 Å². The van der Waals surface area contributed by atoms with Crippen molar-refractivity contribution in [2.45, 2.75) is 60.7 Å². The summed E-state index contributed by atoms with van der Waals surface area (Å²) in [6, 6.07) is 3.96. The first kappa shape index (κ1) is 32.7. The van der Waals surface area contributed by atoms with Crippen LogP contribution in [0.15, 0.2) is 12.1 Å².